The van der Waals surface area contributed by atoms with Gasteiger partial charge in [0.1, 0.15) is 17.5 Å². The minimum atomic E-state index is -0.345. The molecule has 0 fully saturated rings. The standard InChI is InChI=1S/C16H13Cl3N2O2/c1-7-20-15(10-3-2-8(22)4-11(10)17)16(21-7)14-12(18)5-9(23)6-13(14)19/h2-6,15-16,22-23H,1H3,(H,20,21)/t15-,16+/m1/s1. The maximum atomic E-state index is 9.60. The second-order valence-corrected chi connectivity index (χ2v) is 6.53. The van der Waals surface area contributed by atoms with Gasteiger partial charge in [0.25, 0.3) is 0 Å². The predicted octanol–water partition coefficient (Wildman–Crippen LogP) is 4.86. The van der Waals surface area contributed by atoms with Crippen molar-refractivity contribution in [1.82, 2.24) is 5.32 Å². The quantitative estimate of drug-likeness (QED) is 0.706. The number of benzene rings is 2. The van der Waals surface area contributed by atoms with Crippen LogP contribution < -0.4 is 5.32 Å². The zero-order valence-electron chi connectivity index (χ0n) is 12.0. The third-order valence-corrected chi connectivity index (χ3v) is 4.64. The minimum Gasteiger partial charge on any atom is -0.508 e. The summed E-state index contributed by atoms with van der Waals surface area (Å²) < 4.78 is 0. The zero-order chi connectivity index (χ0) is 16.7. The van der Waals surface area contributed by atoms with Gasteiger partial charge < -0.3 is 15.5 Å². The van der Waals surface area contributed by atoms with E-state index in [0.29, 0.717) is 20.6 Å². The first kappa shape index (κ1) is 16.2. The topological polar surface area (TPSA) is 64.9 Å². The average molecular weight is 372 g/mol. The summed E-state index contributed by atoms with van der Waals surface area (Å²) in [4.78, 5) is 4.57. The Bertz CT molecular complexity index is 785. The van der Waals surface area contributed by atoms with E-state index in [0.717, 1.165) is 11.4 Å². The molecule has 23 heavy (non-hydrogen) atoms. The molecule has 2 aromatic carbocycles. The van der Waals surface area contributed by atoms with Gasteiger partial charge in [0, 0.05) is 10.6 Å². The zero-order valence-corrected chi connectivity index (χ0v) is 14.3. The van der Waals surface area contributed by atoms with Crippen LogP contribution >= 0.6 is 34.8 Å². The van der Waals surface area contributed by atoms with Gasteiger partial charge in [-0.3, -0.25) is 4.99 Å². The summed E-state index contributed by atoms with van der Waals surface area (Å²) in [6.07, 6.45) is 0. The lowest BCUT2D eigenvalue weighted by atomic mass is 9.94. The molecule has 1 aliphatic rings. The number of hydrogen-bond donors (Lipinski definition) is 3. The molecule has 120 valence electrons. The van der Waals surface area contributed by atoms with Crippen molar-refractivity contribution >= 4 is 40.6 Å². The Morgan fingerprint density at radius 2 is 1.57 bits per heavy atom. The lowest BCUT2D eigenvalue weighted by molar-refractivity contribution is 0.473. The molecule has 0 unspecified atom stereocenters. The van der Waals surface area contributed by atoms with Crippen LogP contribution in [0.4, 0.5) is 0 Å². The van der Waals surface area contributed by atoms with Gasteiger partial charge in [-0.2, -0.15) is 0 Å². The van der Waals surface area contributed by atoms with Crippen molar-refractivity contribution in [2.75, 3.05) is 0 Å². The Balaban J connectivity index is 2.10. The number of hydrogen-bond acceptors (Lipinski definition) is 4. The maximum Gasteiger partial charge on any atom is 0.118 e. The van der Waals surface area contributed by atoms with E-state index in [-0.39, 0.29) is 23.6 Å². The summed E-state index contributed by atoms with van der Waals surface area (Å²) in [7, 11) is 0. The molecule has 0 bridgehead atoms. The van der Waals surface area contributed by atoms with Crippen LogP contribution in [0.1, 0.15) is 30.1 Å². The highest BCUT2D eigenvalue weighted by Crippen LogP contribution is 2.45. The monoisotopic (exact) mass is 370 g/mol. The predicted molar refractivity (Wildman–Crippen MR) is 93.0 cm³/mol. The molecule has 2 atom stereocenters. The van der Waals surface area contributed by atoms with E-state index < -0.39 is 0 Å². The van der Waals surface area contributed by atoms with Crippen LogP contribution in [0.15, 0.2) is 35.3 Å². The smallest absolute Gasteiger partial charge is 0.118 e. The number of phenolic OH excluding ortho intramolecular Hbond substituents is 2. The van der Waals surface area contributed by atoms with Crippen molar-refractivity contribution in [3.05, 3.63) is 56.5 Å². The third-order valence-electron chi connectivity index (χ3n) is 3.69. The fourth-order valence-electron chi connectivity index (χ4n) is 2.73. The molecule has 0 spiro atoms. The van der Waals surface area contributed by atoms with Crippen LogP contribution in [-0.2, 0) is 0 Å². The van der Waals surface area contributed by atoms with Crippen molar-refractivity contribution in [1.29, 1.82) is 0 Å². The van der Waals surface area contributed by atoms with Gasteiger partial charge in [0.2, 0.25) is 0 Å². The lowest BCUT2D eigenvalue weighted by Crippen LogP contribution is -2.23. The van der Waals surface area contributed by atoms with Crippen LogP contribution in [0.2, 0.25) is 15.1 Å². The fourth-order valence-corrected chi connectivity index (χ4v) is 3.72. The molecule has 1 heterocycles. The van der Waals surface area contributed by atoms with E-state index in [2.05, 4.69) is 10.3 Å². The first-order valence-electron chi connectivity index (χ1n) is 6.84. The summed E-state index contributed by atoms with van der Waals surface area (Å²) in [6.45, 7) is 1.84. The number of nitrogens with one attached hydrogen (secondary N) is 1. The summed E-state index contributed by atoms with van der Waals surface area (Å²) in [5.74, 6) is 0.811. The molecular weight excluding hydrogens is 359 g/mol. The molecule has 3 rings (SSSR count). The Labute approximate surface area is 148 Å². The van der Waals surface area contributed by atoms with Crippen molar-refractivity contribution in [2.45, 2.75) is 19.0 Å². The molecule has 0 saturated carbocycles. The molecule has 4 nitrogen and oxygen atoms in total. The number of halogens is 3. The minimum absolute atomic E-state index is 0.00129. The first-order chi connectivity index (χ1) is 10.9. The number of rotatable bonds is 2. The maximum absolute atomic E-state index is 9.60. The summed E-state index contributed by atoms with van der Waals surface area (Å²) in [5.41, 5.74) is 1.39. The van der Waals surface area contributed by atoms with Crippen molar-refractivity contribution in [2.24, 2.45) is 4.99 Å². The van der Waals surface area contributed by atoms with Crippen molar-refractivity contribution in [3.63, 3.8) is 0 Å². The molecule has 0 aromatic heterocycles. The third kappa shape index (κ3) is 3.07. The van der Waals surface area contributed by atoms with Crippen LogP contribution in [0, 0.1) is 0 Å². The van der Waals surface area contributed by atoms with Gasteiger partial charge in [0.05, 0.1) is 21.9 Å². The van der Waals surface area contributed by atoms with Crippen LogP contribution in [-0.4, -0.2) is 16.0 Å². The Hall–Kier alpha value is -1.62. The molecule has 0 saturated heterocycles. The van der Waals surface area contributed by atoms with Gasteiger partial charge in [-0.15, -0.1) is 0 Å². The second kappa shape index (κ2) is 6.11. The summed E-state index contributed by atoms with van der Waals surface area (Å²) in [6, 6.07) is 6.96. The molecule has 2 aromatic rings. The van der Waals surface area contributed by atoms with Crippen LogP contribution in [0.3, 0.4) is 0 Å². The Morgan fingerprint density at radius 3 is 2.17 bits per heavy atom. The largest absolute Gasteiger partial charge is 0.508 e. The molecular formula is C16H13Cl3N2O2. The second-order valence-electron chi connectivity index (χ2n) is 5.31. The van der Waals surface area contributed by atoms with Gasteiger partial charge in [-0.25, -0.2) is 0 Å². The SMILES string of the molecule is CC1=N[C@H](c2ccc(O)cc2Cl)[C@H](c2c(Cl)cc(O)cc2Cl)N1. The van der Waals surface area contributed by atoms with E-state index in [1.807, 2.05) is 6.92 Å². The normalized spacial score (nSPS) is 20.3. The Morgan fingerprint density at radius 1 is 0.957 bits per heavy atom. The number of aliphatic imine (C=N–C) groups is 1. The molecule has 3 N–H and O–H groups in total. The molecule has 7 heteroatoms. The molecule has 0 amide bonds. The molecule has 1 aliphatic heterocycles. The fraction of sp³-hybridized carbons (Fsp3) is 0.188. The van der Waals surface area contributed by atoms with Gasteiger partial charge in [-0.1, -0.05) is 40.9 Å². The number of aromatic hydroxyl groups is 2. The number of phenols is 2. The Kier molecular flexibility index (Phi) is 4.32. The first-order valence-corrected chi connectivity index (χ1v) is 7.97. The summed E-state index contributed by atoms with van der Waals surface area (Å²) in [5, 5.41) is 23.5. The van der Waals surface area contributed by atoms with E-state index in [1.54, 1.807) is 12.1 Å². The van der Waals surface area contributed by atoms with Crippen LogP contribution in [0.25, 0.3) is 0 Å². The van der Waals surface area contributed by atoms with Crippen molar-refractivity contribution < 1.29 is 10.2 Å². The molecule has 0 aliphatic carbocycles. The van der Waals surface area contributed by atoms with E-state index in [9.17, 15) is 10.2 Å². The average Bonchev–Trinajstić information content (AvgIpc) is 2.79. The number of amidine groups is 1. The van der Waals surface area contributed by atoms with E-state index in [4.69, 9.17) is 34.8 Å². The van der Waals surface area contributed by atoms with Crippen LogP contribution in [0.5, 0.6) is 11.5 Å². The lowest BCUT2D eigenvalue weighted by Gasteiger charge is -2.22. The summed E-state index contributed by atoms with van der Waals surface area (Å²) >= 11 is 18.8. The highest BCUT2D eigenvalue weighted by atomic mass is 35.5. The molecule has 0 radical (unpaired) electrons. The van der Waals surface area contributed by atoms with Crippen molar-refractivity contribution in [3.8, 4) is 11.5 Å². The highest BCUT2D eigenvalue weighted by molar-refractivity contribution is 6.36. The van der Waals surface area contributed by atoms with E-state index >= 15 is 0 Å². The number of nitrogens with zero attached hydrogens (tertiary/aromatic N) is 1. The van der Waals surface area contributed by atoms with Gasteiger partial charge in [-0.05, 0) is 36.8 Å². The van der Waals surface area contributed by atoms with Gasteiger partial charge in [0.15, 0.2) is 0 Å². The van der Waals surface area contributed by atoms with Gasteiger partial charge >= 0.3 is 0 Å². The van der Waals surface area contributed by atoms with E-state index in [1.165, 1.54) is 18.2 Å². The highest BCUT2D eigenvalue weighted by Gasteiger charge is 2.34.